The zero-order valence-corrected chi connectivity index (χ0v) is 10.2. The van der Waals surface area contributed by atoms with Crippen LogP contribution in [0.15, 0.2) is 18.2 Å². The summed E-state index contributed by atoms with van der Waals surface area (Å²) in [7, 11) is 1.48. The van der Waals surface area contributed by atoms with Crippen LogP contribution in [0.5, 0.6) is 17.2 Å². The number of hydrogen-bond donors (Lipinski definition) is 1. The van der Waals surface area contributed by atoms with Crippen LogP contribution in [0.3, 0.4) is 0 Å². The van der Waals surface area contributed by atoms with E-state index in [2.05, 4.69) is 4.98 Å². The van der Waals surface area contributed by atoms with Gasteiger partial charge in [0.25, 0.3) is 0 Å². The summed E-state index contributed by atoms with van der Waals surface area (Å²) in [5.74, 6) is 0.521. The van der Waals surface area contributed by atoms with Gasteiger partial charge in [0.15, 0.2) is 17.2 Å². The van der Waals surface area contributed by atoms with Crippen LogP contribution in [0.2, 0.25) is 0 Å². The van der Waals surface area contributed by atoms with Crippen molar-refractivity contribution in [2.75, 3.05) is 20.3 Å². The summed E-state index contributed by atoms with van der Waals surface area (Å²) < 4.78 is 16.1. The number of aromatic nitrogens is 1. The van der Waals surface area contributed by atoms with E-state index in [9.17, 15) is 4.79 Å². The van der Waals surface area contributed by atoms with Gasteiger partial charge in [0.1, 0.15) is 19.0 Å². The van der Waals surface area contributed by atoms with Crippen molar-refractivity contribution >= 4 is 16.9 Å². The third-order valence-electron chi connectivity index (χ3n) is 2.87. The molecule has 0 atom stereocenters. The molecule has 0 amide bonds. The van der Waals surface area contributed by atoms with E-state index in [0.29, 0.717) is 41.4 Å². The second kappa shape index (κ2) is 4.31. The summed E-state index contributed by atoms with van der Waals surface area (Å²) in [6, 6.07) is 4.81. The van der Waals surface area contributed by atoms with E-state index in [4.69, 9.17) is 19.3 Å². The second-order valence-corrected chi connectivity index (χ2v) is 4.03. The summed E-state index contributed by atoms with van der Waals surface area (Å²) in [6.45, 7) is 0.954. The van der Waals surface area contributed by atoms with Crippen LogP contribution < -0.4 is 14.2 Å². The molecule has 2 heterocycles. The van der Waals surface area contributed by atoms with Crippen molar-refractivity contribution in [2.45, 2.75) is 0 Å². The van der Waals surface area contributed by atoms with E-state index >= 15 is 0 Å². The molecule has 6 nitrogen and oxygen atoms in total. The number of fused-ring (bicyclic) bond motifs is 2. The first kappa shape index (κ1) is 11.6. The molecule has 0 unspecified atom stereocenters. The maximum absolute atomic E-state index is 11.0. The van der Waals surface area contributed by atoms with Crippen LogP contribution in [0.25, 0.3) is 10.9 Å². The van der Waals surface area contributed by atoms with E-state index in [1.807, 2.05) is 0 Å². The summed E-state index contributed by atoms with van der Waals surface area (Å²) in [5.41, 5.74) is 0.432. The number of aromatic carboxylic acids is 1. The van der Waals surface area contributed by atoms with Gasteiger partial charge in [0.2, 0.25) is 0 Å². The van der Waals surface area contributed by atoms with Gasteiger partial charge in [0.05, 0.1) is 12.6 Å². The average Bonchev–Trinajstić information content (AvgIpc) is 2.43. The highest BCUT2D eigenvalue weighted by Crippen LogP contribution is 2.37. The van der Waals surface area contributed by atoms with Crippen molar-refractivity contribution in [1.29, 1.82) is 0 Å². The van der Waals surface area contributed by atoms with Crippen LogP contribution in [0, 0.1) is 0 Å². The standard InChI is InChI=1S/C13H11NO5/c1-17-10-6-9(13(15)16)14-8-5-12-11(4-7(8)10)18-2-3-19-12/h4-6H,2-3H2,1H3,(H,15,16). The smallest absolute Gasteiger partial charge is 0.354 e. The minimum atomic E-state index is -1.10. The lowest BCUT2D eigenvalue weighted by molar-refractivity contribution is 0.0690. The molecule has 0 bridgehead atoms. The molecule has 0 radical (unpaired) electrons. The lowest BCUT2D eigenvalue weighted by Crippen LogP contribution is -2.15. The molecule has 0 fully saturated rings. The van der Waals surface area contributed by atoms with Gasteiger partial charge >= 0.3 is 5.97 Å². The summed E-state index contributed by atoms with van der Waals surface area (Å²) in [6.07, 6.45) is 0. The fourth-order valence-electron chi connectivity index (χ4n) is 2.01. The van der Waals surface area contributed by atoms with Crippen molar-refractivity contribution in [3.8, 4) is 17.2 Å². The summed E-state index contributed by atoms with van der Waals surface area (Å²) in [4.78, 5) is 15.1. The third-order valence-corrected chi connectivity index (χ3v) is 2.87. The summed E-state index contributed by atoms with van der Waals surface area (Å²) >= 11 is 0. The minimum absolute atomic E-state index is 0.0685. The summed E-state index contributed by atoms with van der Waals surface area (Å²) in [5, 5.41) is 9.72. The van der Waals surface area contributed by atoms with Gasteiger partial charge < -0.3 is 19.3 Å². The average molecular weight is 261 g/mol. The maximum atomic E-state index is 11.0. The molecular formula is C13H11NO5. The number of pyridine rings is 1. The number of rotatable bonds is 2. The lowest BCUT2D eigenvalue weighted by atomic mass is 10.1. The first-order valence-corrected chi connectivity index (χ1v) is 5.70. The predicted molar refractivity (Wildman–Crippen MR) is 66.2 cm³/mol. The number of benzene rings is 1. The number of carboxylic acids is 1. The van der Waals surface area contributed by atoms with Crippen LogP contribution in [-0.4, -0.2) is 36.4 Å². The second-order valence-electron chi connectivity index (χ2n) is 4.03. The van der Waals surface area contributed by atoms with Crippen LogP contribution in [0.4, 0.5) is 0 Å². The van der Waals surface area contributed by atoms with Gasteiger partial charge in [0, 0.05) is 17.5 Å². The van der Waals surface area contributed by atoms with Gasteiger partial charge in [-0.3, -0.25) is 0 Å². The Bertz CT molecular complexity index is 668. The van der Waals surface area contributed by atoms with E-state index in [1.165, 1.54) is 13.2 Å². The van der Waals surface area contributed by atoms with Crippen molar-refractivity contribution in [3.63, 3.8) is 0 Å². The largest absolute Gasteiger partial charge is 0.496 e. The van der Waals surface area contributed by atoms with E-state index in [1.54, 1.807) is 12.1 Å². The molecule has 0 aliphatic carbocycles. The molecule has 6 heteroatoms. The topological polar surface area (TPSA) is 77.9 Å². The number of methoxy groups -OCH3 is 1. The van der Waals surface area contributed by atoms with Crippen LogP contribution in [-0.2, 0) is 0 Å². The molecule has 1 N–H and O–H groups in total. The molecule has 0 spiro atoms. The molecule has 98 valence electrons. The number of carboxylic acid groups (broad SMARTS) is 1. The van der Waals surface area contributed by atoms with Gasteiger partial charge in [-0.25, -0.2) is 9.78 Å². The first-order chi connectivity index (χ1) is 9.19. The normalized spacial score (nSPS) is 13.3. The van der Waals surface area contributed by atoms with Gasteiger partial charge in [-0.1, -0.05) is 0 Å². The molecule has 0 saturated heterocycles. The number of nitrogens with zero attached hydrogens (tertiary/aromatic N) is 1. The van der Waals surface area contributed by atoms with Crippen molar-refractivity contribution < 1.29 is 24.1 Å². The van der Waals surface area contributed by atoms with Gasteiger partial charge in [-0.05, 0) is 6.07 Å². The fraction of sp³-hybridized carbons (Fsp3) is 0.231. The zero-order chi connectivity index (χ0) is 13.4. The SMILES string of the molecule is COc1cc(C(=O)O)nc2cc3c(cc12)OCCO3. The lowest BCUT2D eigenvalue weighted by Gasteiger charge is -2.19. The first-order valence-electron chi connectivity index (χ1n) is 5.70. The molecule has 2 aromatic rings. The Morgan fingerprint density at radius 2 is 1.95 bits per heavy atom. The van der Waals surface area contributed by atoms with Crippen molar-refractivity contribution in [1.82, 2.24) is 4.98 Å². The number of ether oxygens (including phenoxy) is 3. The molecule has 0 saturated carbocycles. The number of hydrogen-bond acceptors (Lipinski definition) is 5. The van der Waals surface area contributed by atoms with E-state index in [-0.39, 0.29) is 5.69 Å². The monoisotopic (exact) mass is 261 g/mol. The minimum Gasteiger partial charge on any atom is -0.496 e. The van der Waals surface area contributed by atoms with Crippen LogP contribution in [0.1, 0.15) is 10.5 Å². The van der Waals surface area contributed by atoms with Gasteiger partial charge in [-0.15, -0.1) is 0 Å². The Kier molecular flexibility index (Phi) is 2.63. The van der Waals surface area contributed by atoms with Gasteiger partial charge in [-0.2, -0.15) is 0 Å². The molecule has 1 aliphatic heterocycles. The predicted octanol–water partition coefficient (Wildman–Crippen LogP) is 1.71. The molecule has 3 rings (SSSR count). The van der Waals surface area contributed by atoms with E-state index < -0.39 is 5.97 Å². The molecule has 19 heavy (non-hydrogen) atoms. The quantitative estimate of drug-likeness (QED) is 0.886. The Balaban J connectivity index is 2.27. The van der Waals surface area contributed by atoms with Crippen molar-refractivity contribution in [2.24, 2.45) is 0 Å². The molecule has 1 aromatic heterocycles. The van der Waals surface area contributed by atoms with Crippen LogP contribution >= 0.6 is 0 Å². The molecule has 1 aliphatic rings. The molecular weight excluding hydrogens is 250 g/mol. The fourth-order valence-corrected chi connectivity index (χ4v) is 2.01. The highest BCUT2D eigenvalue weighted by Gasteiger charge is 2.17. The Morgan fingerprint density at radius 3 is 2.58 bits per heavy atom. The maximum Gasteiger partial charge on any atom is 0.354 e. The zero-order valence-electron chi connectivity index (χ0n) is 10.2. The Hall–Kier alpha value is -2.50. The third kappa shape index (κ3) is 1.91. The Labute approximate surface area is 108 Å². The highest BCUT2D eigenvalue weighted by molar-refractivity contribution is 5.94. The van der Waals surface area contributed by atoms with Crippen molar-refractivity contribution in [3.05, 3.63) is 23.9 Å². The number of carbonyl (C=O) groups is 1. The molecule has 1 aromatic carbocycles. The van der Waals surface area contributed by atoms with E-state index in [0.717, 1.165) is 0 Å². The Morgan fingerprint density at radius 1 is 1.26 bits per heavy atom. The highest BCUT2D eigenvalue weighted by atomic mass is 16.6.